The summed E-state index contributed by atoms with van der Waals surface area (Å²) < 4.78 is 5.15. The SMILES string of the molecule is COCCN(CC(=O)NCc1cccc(Cl)c1)Cc1ccccc1. The number of rotatable bonds is 9. The number of halogens is 1. The first-order valence-corrected chi connectivity index (χ1v) is 8.31. The summed E-state index contributed by atoms with van der Waals surface area (Å²) in [7, 11) is 1.67. The smallest absolute Gasteiger partial charge is 0.234 e. The van der Waals surface area contributed by atoms with Crippen molar-refractivity contribution in [3.05, 3.63) is 70.7 Å². The Kier molecular flexibility index (Phi) is 7.75. The third-order valence-corrected chi connectivity index (χ3v) is 3.84. The molecular formula is C19H23ClN2O2. The Labute approximate surface area is 148 Å². The fourth-order valence-corrected chi connectivity index (χ4v) is 2.60. The number of hydrogen-bond acceptors (Lipinski definition) is 3. The normalized spacial score (nSPS) is 10.8. The quantitative estimate of drug-likeness (QED) is 0.758. The molecule has 0 atom stereocenters. The molecule has 1 amide bonds. The van der Waals surface area contributed by atoms with Gasteiger partial charge < -0.3 is 10.1 Å². The van der Waals surface area contributed by atoms with E-state index in [2.05, 4.69) is 22.3 Å². The number of ether oxygens (including phenoxy) is 1. The van der Waals surface area contributed by atoms with Crippen molar-refractivity contribution < 1.29 is 9.53 Å². The maximum Gasteiger partial charge on any atom is 0.234 e. The van der Waals surface area contributed by atoms with E-state index in [4.69, 9.17) is 16.3 Å². The molecule has 0 heterocycles. The van der Waals surface area contributed by atoms with Crippen molar-refractivity contribution in [1.82, 2.24) is 10.2 Å². The topological polar surface area (TPSA) is 41.6 Å². The van der Waals surface area contributed by atoms with E-state index in [0.29, 0.717) is 31.3 Å². The van der Waals surface area contributed by atoms with Gasteiger partial charge in [0.05, 0.1) is 13.2 Å². The number of carbonyl (C=O) groups excluding carboxylic acids is 1. The van der Waals surface area contributed by atoms with Crippen LogP contribution >= 0.6 is 11.6 Å². The van der Waals surface area contributed by atoms with Gasteiger partial charge in [-0.3, -0.25) is 9.69 Å². The minimum atomic E-state index is -0.0120. The Balaban J connectivity index is 1.86. The number of nitrogens with one attached hydrogen (secondary N) is 1. The lowest BCUT2D eigenvalue weighted by Gasteiger charge is -2.21. The number of benzene rings is 2. The Morgan fingerprint density at radius 3 is 2.58 bits per heavy atom. The van der Waals surface area contributed by atoms with Gasteiger partial charge >= 0.3 is 0 Å². The predicted octanol–water partition coefficient (Wildman–Crippen LogP) is 3.10. The lowest BCUT2D eigenvalue weighted by molar-refractivity contribution is -0.122. The molecule has 0 unspecified atom stereocenters. The molecule has 0 fully saturated rings. The summed E-state index contributed by atoms with van der Waals surface area (Å²) in [5.41, 5.74) is 2.17. The monoisotopic (exact) mass is 346 g/mol. The van der Waals surface area contributed by atoms with E-state index < -0.39 is 0 Å². The molecule has 24 heavy (non-hydrogen) atoms. The maximum atomic E-state index is 12.2. The van der Waals surface area contributed by atoms with Crippen LogP contribution in [0.4, 0.5) is 0 Å². The summed E-state index contributed by atoms with van der Waals surface area (Å²) in [6, 6.07) is 17.6. The highest BCUT2D eigenvalue weighted by Crippen LogP contribution is 2.10. The molecule has 0 spiro atoms. The van der Waals surface area contributed by atoms with Gasteiger partial charge in [-0.25, -0.2) is 0 Å². The zero-order valence-electron chi connectivity index (χ0n) is 13.9. The van der Waals surface area contributed by atoms with Gasteiger partial charge in [-0.1, -0.05) is 54.1 Å². The summed E-state index contributed by atoms with van der Waals surface area (Å²) in [4.78, 5) is 14.3. The highest BCUT2D eigenvalue weighted by atomic mass is 35.5. The molecule has 4 nitrogen and oxygen atoms in total. The molecule has 0 saturated heterocycles. The van der Waals surface area contributed by atoms with Crippen LogP contribution in [0.3, 0.4) is 0 Å². The van der Waals surface area contributed by atoms with Crippen LogP contribution in [0.2, 0.25) is 5.02 Å². The van der Waals surface area contributed by atoms with Crippen molar-refractivity contribution in [1.29, 1.82) is 0 Å². The van der Waals surface area contributed by atoms with Crippen molar-refractivity contribution in [3.8, 4) is 0 Å². The Morgan fingerprint density at radius 2 is 1.88 bits per heavy atom. The average molecular weight is 347 g/mol. The van der Waals surface area contributed by atoms with Gasteiger partial charge in [0.2, 0.25) is 5.91 Å². The van der Waals surface area contributed by atoms with Gasteiger partial charge in [0.15, 0.2) is 0 Å². The van der Waals surface area contributed by atoms with E-state index in [1.54, 1.807) is 7.11 Å². The molecule has 0 aromatic heterocycles. The fraction of sp³-hybridized carbons (Fsp3) is 0.316. The highest BCUT2D eigenvalue weighted by Gasteiger charge is 2.11. The van der Waals surface area contributed by atoms with Crippen LogP contribution in [0, 0.1) is 0 Å². The molecule has 2 rings (SSSR count). The number of methoxy groups -OCH3 is 1. The Morgan fingerprint density at radius 1 is 1.12 bits per heavy atom. The minimum absolute atomic E-state index is 0.0120. The van der Waals surface area contributed by atoms with E-state index in [0.717, 1.165) is 12.1 Å². The Bertz CT molecular complexity index is 634. The van der Waals surface area contributed by atoms with Gasteiger partial charge in [-0.15, -0.1) is 0 Å². The van der Waals surface area contributed by atoms with Crippen LogP contribution in [0.15, 0.2) is 54.6 Å². The molecule has 5 heteroatoms. The highest BCUT2D eigenvalue weighted by molar-refractivity contribution is 6.30. The lowest BCUT2D eigenvalue weighted by Crippen LogP contribution is -2.38. The van der Waals surface area contributed by atoms with Gasteiger partial charge in [-0.2, -0.15) is 0 Å². The van der Waals surface area contributed by atoms with Crippen LogP contribution in [0.25, 0.3) is 0 Å². The lowest BCUT2D eigenvalue weighted by atomic mass is 10.2. The molecule has 0 bridgehead atoms. The van der Waals surface area contributed by atoms with Gasteiger partial charge in [0, 0.05) is 31.8 Å². The minimum Gasteiger partial charge on any atom is -0.383 e. The summed E-state index contributed by atoms with van der Waals surface area (Å²) >= 11 is 5.96. The summed E-state index contributed by atoms with van der Waals surface area (Å²) in [6.45, 7) is 2.82. The third-order valence-electron chi connectivity index (χ3n) is 3.61. The first-order chi connectivity index (χ1) is 11.7. The first-order valence-electron chi connectivity index (χ1n) is 7.93. The molecule has 0 aliphatic rings. The third kappa shape index (κ3) is 6.71. The molecule has 0 aliphatic heterocycles. The molecule has 2 aromatic rings. The van der Waals surface area contributed by atoms with E-state index in [-0.39, 0.29) is 5.91 Å². The van der Waals surface area contributed by atoms with Gasteiger partial charge in [0.25, 0.3) is 0 Å². The van der Waals surface area contributed by atoms with Gasteiger partial charge in [0.1, 0.15) is 0 Å². The molecule has 0 saturated carbocycles. The van der Waals surface area contributed by atoms with Crippen LogP contribution < -0.4 is 5.32 Å². The molecule has 128 valence electrons. The van der Waals surface area contributed by atoms with E-state index in [9.17, 15) is 4.79 Å². The van der Waals surface area contributed by atoms with E-state index in [1.807, 2.05) is 42.5 Å². The van der Waals surface area contributed by atoms with Crippen molar-refractivity contribution in [2.75, 3.05) is 26.8 Å². The predicted molar refractivity (Wildman–Crippen MR) is 96.9 cm³/mol. The second-order valence-corrected chi connectivity index (χ2v) is 6.03. The standard InChI is InChI=1S/C19H23ClN2O2/c1-24-11-10-22(14-16-6-3-2-4-7-16)15-19(23)21-13-17-8-5-9-18(20)12-17/h2-9,12H,10-11,13-15H2,1H3,(H,21,23). The second-order valence-electron chi connectivity index (χ2n) is 5.60. The Hall–Kier alpha value is -1.88. The zero-order valence-corrected chi connectivity index (χ0v) is 14.6. The zero-order chi connectivity index (χ0) is 17.2. The van der Waals surface area contributed by atoms with Crippen molar-refractivity contribution in [2.45, 2.75) is 13.1 Å². The molecule has 2 aromatic carbocycles. The first kappa shape index (κ1) is 18.5. The summed E-state index contributed by atoms with van der Waals surface area (Å²) in [6.07, 6.45) is 0. The van der Waals surface area contributed by atoms with E-state index in [1.165, 1.54) is 5.56 Å². The van der Waals surface area contributed by atoms with Crippen LogP contribution in [0.1, 0.15) is 11.1 Å². The molecule has 0 aliphatic carbocycles. The largest absolute Gasteiger partial charge is 0.383 e. The van der Waals surface area contributed by atoms with Crippen LogP contribution in [0.5, 0.6) is 0 Å². The van der Waals surface area contributed by atoms with Crippen LogP contribution in [-0.4, -0.2) is 37.6 Å². The molecule has 1 N–H and O–H groups in total. The maximum absolute atomic E-state index is 12.2. The summed E-state index contributed by atoms with van der Waals surface area (Å²) in [5.74, 6) is -0.0120. The number of amides is 1. The van der Waals surface area contributed by atoms with Crippen molar-refractivity contribution >= 4 is 17.5 Å². The number of hydrogen-bond donors (Lipinski definition) is 1. The second kappa shape index (κ2) is 10.1. The van der Waals surface area contributed by atoms with E-state index >= 15 is 0 Å². The molecule has 0 radical (unpaired) electrons. The van der Waals surface area contributed by atoms with Crippen molar-refractivity contribution in [2.24, 2.45) is 0 Å². The average Bonchev–Trinajstić information content (AvgIpc) is 2.59. The van der Waals surface area contributed by atoms with Crippen molar-refractivity contribution in [3.63, 3.8) is 0 Å². The van der Waals surface area contributed by atoms with Gasteiger partial charge in [-0.05, 0) is 23.3 Å². The summed E-state index contributed by atoms with van der Waals surface area (Å²) in [5, 5.41) is 3.61. The number of nitrogens with zero attached hydrogens (tertiary/aromatic N) is 1. The molecular weight excluding hydrogens is 324 g/mol. The fourth-order valence-electron chi connectivity index (χ4n) is 2.38. The number of carbonyl (C=O) groups is 1. The van der Waals surface area contributed by atoms with Crippen LogP contribution in [-0.2, 0) is 22.6 Å².